The van der Waals surface area contributed by atoms with Crippen LogP contribution in [0.15, 0.2) is 34.5 Å². The molecule has 0 saturated carbocycles. The van der Waals surface area contributed by atoms with Crippen molar-refractivity contribution >= 4 is 0 Å². The van der Waals surface area contributed by atoms with Gasteiger partial charge in [-0.15, -0.1) is 0 Å². The Morgan fingerprint density at radius 2 is 2.08 bits per heavy atom. The van der Waals surface area contributed by atoms with E-state index in [4.69, 9.17) is 4.74 Å². The van der Waals surface area contributed by atoms with Gasteiger partial charge in [-0.2, -0.15) is 10.2 Å². The van der Waals surface area contributed by atoms with Gasteiger partial charge < -0.3 is 4.74 Å². The fourth-order valence-corrected chi connectivity index (χ4v) is 1.11. The summed E-state index contributed by atoms with van der Waals surface area (Å²) in [6.45, 7) is 1.97. The average Bonchev–Trinajstić information content (AvgIpc) is 2.85. The number of ether oxygens (including phenoxy) is 1. The Kier molecular flexibility index (Phi) is 1.40. The molecule has 62 valence electrons. The molecular formula is C9H10N2O. The molecule has 0 unspecified atom stereocenters. The molecule has 0 amide bonds. The summed E-state index contributed by atoms with van der Waals surface area (Å²) in [6, 6.07) is 7.82. The molecule has 0 aliphatic carbocycles. The summed E-state index contributed by atoms with van der Waals surface area (Å²) < 4.78 is 5.09. The maximum atomic E-state index is 5.09. The fourth-order valence-electron chi connectivity index (χ4n) is 1.11. The molecule has 1 aromatic carbocycles. The van der Waals surface area contributed by atoms with Gasteiger partial charge in [0.05, 0.1) is 7.11 Å². The van der Waals surface area contributed by atoms with E-state index in [9.17, 15) is 0 Å². The molecule has 0 bridgehead atoms. The Morgan fingerprint density at radius 1 is 1.33 bits per heavy atom. The van der Waals surface area contributed by atoms with Crippen molar-refractivity contribution in [2.24, 2.45) is 10.2 Å². The van der Waals surface area contributed by atoms with E-state index in [-0.39, 0.29) is 5.66 Å². The first-order valence-corrected chi connectivity index (χ1v) is 3.83. The predicted octanol–water partition coefficient (Wildman–Crippen LogP) is 2.33. The van der Waals surface area contributed by atoms with Gasteiger partial charge in [0.1, 0.15) is 5.75 Å². The molecule has 1 heterocycles. The van der Waals surface area contributed by atoms with Crippen molar-refractivity contribution in [3.05, 3.63) is 29.8 Å². The Bertz CT molecular complexity index is 327. The number of methoxy groups -OCH3 is 1. The van der Waals surface area contributed by atoms with E-state index in [1.165, 1.54) is 0 Å². The van der Waals surface area contributed by atoms with Gasteiger partial charge in [-0.25, -0.2) is 0 Å². The highest BCUT2D eigenvalue weighted by Gasteiger charge is 2.36. The van der Waals surface area contributed by atoms with Crippen LogP contribution in [0.1, 0.15) is 12.5 Å². The SMILES string of the molecule is COc1cccc(C2(C)N=N2)c1. The molecule has 12 heavy (non-hydrogen) atoms. The normalized spacial score (nSPS) is 17.5. The van der Waals surface area contributed by atoms with E-state index in [1.54, 1.807) is 7.11 Å². The van der Waals surface area contributed by atoms with Crippen molar-refractivity contribution in [2.45, 2.75) is 12.6 Å². The summed E-state index contributed by atoms with van der Waals surface area (Å²) in [4.78, 5) is 0. The lowest BCUT2D eigenvalue weighted by molar-refractivity contribution is 0.413. The zero-order valence-corrected chi connectivity index (χ0v) is 7.11. The van der Waals surface area contributed by atoms with Gasteiger partial charge in [0.15, 0.2) is 0 Å². The molecule has 0 aromatic heterocycles. The zero-order valence-electron chi connectivity index (χ0n) is 7.11. The number of hydrogen-bond acceptors (Lipinski definition) is 3. The number of benzene rings is 1. The van der Waals surface area contributed by atoms with Crippen molar-refractivity contribution in [3.8, 4) is 5.75 Å². The van der Waals surface area contributed by atoms with E-state index in [1.807, 2.05) is 31.2 Å². The Labute approximate surface area is 71.1 Å². The lowest BCUT2D eigenvalue weighted by Gasteiger charge is -2.05. The van der Waals surface area contributed by atoms with E-state index in [0.29, 0.717) is 0 Å². The molecule has 1 aliphatic heterocycles. The molecule has 0 saturated heterocycles. The monoisotopic (exact) mass is 162 g/mol. The van der Waals surface area contributed by atoms with Crippen LogP contribution in [0.5, 0.6) is 5.75 Å². The molecule has 0 atom stereocenters. The maximum absolute atomic E-state index is 5.09. The van der Waals surface area contributed by atoms with Crippen LogP contribution >= 0.6 is 0 Å². The molecular weight excluding hydrogens is 152 g/mol. The quantitative estimate of drug-likeness (QED) is 0.657. The molecule has 0 radical (unpaired) electrons. The van der Waals surface area contributed by atoms with Crippen molar-refractivity contribution in [1.82, 2.24) is 0 Å². The van der Waals surface area contributed by atoms with Gasteiger partial charge in [0.2, 0.25) is 5.66 Å². The van der Waals surface area contributed by atoms with Gasteiger partial charge in [0, 0.05) is 5.56 Å². The Balaban J connectivity index is 2.33. The Morgan fingerprint density at radius 3 is 2.67 bits per heavy atom. The first kappa shape index (κ1) is 7.28. The third-order valence-electron chi connectivity index (χ3n) is 2.02. The number of rotatable bonds is 2. The largest absolute Gasteiger partial charge is 0.497 e. The summed E-state index contributed by atoms with van der Waals surface area (Å²) in [6.07, 6.45) is 0. The first-order valence-electron chi connectivity index (χ1n) is 3.83. The summed E-state index contributed by atoms with van der Waals surface area (Å²) in [5.41, 5.74) is 0.788. The second-order valence-electron chi connectivity index (χ2n) is 2.95. The highest BCUT2D eigenvalue weighted by molar-refractivity contribution is 5.34. The van der Waals surface area contributed by atoms with Gasteiger partial charge in [-0.05, 0) is 19.1 Å². The van der Waals surface area contributed by atoms with Crippen LogP contribution in [-0.4, -0.2) is 7.11 Å². The standard InChI is InChI=1S/C9H10N2O/c1-9(10-11-9)7-4-3-5-8(6-7)12-2/h3-6H,1-2H3. The molecule has 1 aliphatic rings. The van der Waals surface area contributed by atoms with Crippen LogP contribution < -0.4 is 4.74 Å². The lowest BCUT2D eigenvalue weighted by atomic mass is 10.1. The van der Waals surface area contributed by atoms with E-state index in [0.717, 1.165) is 11.3 Å². The lowest BCUT2D eigenvalue weighted by Crippen LogP contribution is -2.01. The van der Waals surface area contributed by atoms with Gasteiger partial charge >= 0.3 is 0 Å². The minimum atomic E-state index is -0.297. The maximum Gasteiger partial charge on any atom is 0.213 e. The highest BCUT2D eigenvalue weighted by atomic mass is 16.5. The molecule has 0 N–H and O–H groups in total. The predicted molar refractivity (Wildman–Crippen MR) is 45.2 cm³/mol. The summed E-state index contributed by atoms with van der Waals surface area (Å²) in [5.74, 6) is 0.853. The first-order chi connectivity index (χ1) is 5.74. The molecule has 3 nitrogen and oxygen atoms in total. The second-order valence-corrected chi connectivity index (χ2v) is 2.95. The second kappa shape index (κ2) is 2.30. The minimum Gasteiger partial charge on any atom is -0.497 e. The molecule has 2 rings (SSSR count). The van der Waals surface area contributed by atoms with E-state index < -0.39 is 0 Å². The van der Waals surface area contributed by atoms with E-state index in [2.05, 4.69) is 10.2 Å². The van der Waals surface area contributed by atoms with Crippen molar-refractivity contribution in [3.63, 3.8) is 0 Å². The highest BCUT2D eigenvalue weighted by Crippen LogP contribution is 2.39. The van der Waals surface area contributed by atoms with Crippen LogP contribution in [0, 0.1) is 0 Å². The van der Waals surface area contributed by atoms with Gasteiger partial charge in [-0.3, -0.25) is 0 Å². The third-order valence-corrected chi connectivity index (χ3v) is 2.02. The fraction of sp³-hybridized carbons (Fsp3) is 0.333. The van der Waals surface area contributed by atoms with Crippen LogP contribution in [0.4, 0.5) is 0 Å². The molecule has 1 aromatic rings. The molecule has 0 fully saturated rings. The number of hydrogen-bond donors (Lipinski definition) is 0. The van der Waals surface area contributed by atoms with Crippen LogP contribution in [-0.2, 0) is 5.66 Å². The summed E-state index contributed by atoms with van der Waals surface area (Å²) in [5, 5.41) is 7.90. The third kappa shape index (κ3) is 1.07. The topological polar surface area (TPSA) is 34.0 Å². The average molecular weight is 162 g/mol. The van der Waals surface area contributed by atoms with Gasteiger partial charge in [0.25, 0.3) is 0 Å². The summed E-state index contributed by atoms with van der Waals surface area (Å²) in [7, 11) is 1.66. The number of nitrogens with zero attached hydrogens (tertiary/aromatic N) is 2. The van der Waals surface area contributed by atoms with Crippen LogP contribution in [0.2, 0.25) is 0 Å². The molecule has 0 spiro atoms. The Hall–Kier alpha value is -1.38. The van der Waals surface area contributed by atoms with E-state index >= 15 is 0 Å². The smallest absolute Gasteiger partial charge is 0.213 e. The zero-order chi connectivity index (χ0) is 8.60. The van der Waals surface area contributed by atoms with Crippen molar-refractivity contribution < 1.29 is 4.74 Å². The minimum absolute atomic E-state index is 0.297. The van der Waals surface area contributed by atoms with Gasteiger partial charge in [-0.1, -0.05) is 12.1 Å². The van der Waals surface area contributed by atoms with Crippen LogP contribution in [0.3, 0.4) is 0 Å². The van der Waals surface area contributed by atoms with Crippen LogP contribution in [0.25, 0.3) is 0 Å². The summed E-state index contributed by atoms with van der Waals surface area (Å²) >= 11 is 0. The van der Waals surface area contributed by atoms with Crippen molar-refractivity contribution in [1.29, 1.82) is 0 Å². The molecule has 3 heteroatoms. The van der Waals surface area contributed by atoms with Crippen molar-refractivity contribution in [2.75, 3.05) is 7.11 Å².